The first-order chi connectivity index (χ1) is 16.0. The van der Waals surface area contributed by atoms with Crippen molar-refractivity contribution in [1.29, 1.82) is 0 Å². The highest BCUT2D eigenvalue weighted by atomic mass is 35.5. The van der Waals surface area contributed by atoms with Gasteiger partial charge in [0.2, 0.25) is 0 Å². The monoisotopic (exact) mass is 461 g/mol. The molecule has 0 radical (unpaired) electrons. The van der Waals surface area contributed by atoms with Crippen molar-refractivity contribution in [3.8, 4) is 17.0 Å². The molecule has 33 heavy (non-hydrogen) atoms. The number of hydrogen-bond acceptors (Lipinski definition) is 6. The summed E-state index contributed by atoms with van der Waals surface area (Å²) in [6, 6.07) is 13.2. The molecule has 0 N–H and O–H groups in total. The van der Waals surface area contributed by atoms with Crippen LogP contribution in [-0.2, 0) is 13.2 Å². The van der Waals surface area contributed by atoms with E-state index >= 15 is 0 Å². The number of aromatic nitrogens is 5. The zero-order valence-electron chi connectivity index (χ0n) is 18.5. The molecule has 0 bridgehead atoms. The van der Waals surface area contributed by atoms with Crippen molar-refractivity contribution < 1.29 is 9.53 Å². The lowest BCUT2D eigenvalue weighted by Gasteiger charge is -2.12. The Morgan fingerprint density at radius 2 is 2.00 bits per heavy atom. The van der Waals surface area contributed by atoms with Gasteiger partial charge in [-0.1, -0.05) is 22.9 Å². The molecule has 0 saturated carbocycles. The van der Waals surface area contributed by atoms with Gasteiger partial charge in [-0.3, -0.25) is 14.5 Å². The van der Waals surface area contributed by atoms with E-state index in [9.17, 15) is 4.79 Å². The highest BCUT2D eigenvalue weighted by Gasteiger charge is 2.11. The number of ketones is 1. The minimum Gasteiger partial charge on any atom is -0.489 e. The first-order valence-corrected chi connectivity index (χ1v) is 11.1. The van der Waals surface area contributed by atoms with Crippen molar-refractivity contribution in [2.45, 2.75) is 39.8 Å². The summed E-state index contributed by atoms with van der Waals surface area (Å²) in [6.07, 6.45) is 6.31. The van der Waals surface area contributed by atoms with Gasteiger partial charge in [0.1, 0.15) is 17.5 Å². The van der Waals surface area contributed by atoms with Crippen molar-refractivity contribution in [2.75, 3.05) is 0 Å². The van der Waals surface area contributed by atoms with Gasteiger partial charge in [0.25, 0.3) is 0 Å². The predicted molar refractivity (Wildman–Crippen MR) is 126 cm³/mol. The average Bonchev–Trinajstić information content (AvgIpc) is 3.32. The number of rotatable bonds is 9. The molecule has 4 rings (SSSR count). The first kappa shape index (κ1) is 22.6. The van der Waals surface area contributed by atoms with Gasteiger partial charge in [0, 0.05) is 47.7 Å². The zero-order valence-corrected chi connectivity index (χ0v) is 19.3. The molecule has 3 heterocycles. The minimum absolute atomic E-state index is 0.117. The number of carbonyl (C=O) groups excluding carboxylic acids is 1. The van der Waals surface area contributed by atoms with E-state index in [0.29, 0.717) is 31.1 Å². The topological polar surface area (TPSA) is 82.8 Å². The van der Waals surface area contributed by atoms with E-state index in [1.807, 2.05) is 50.2 Å². The molecule has 0 amide bonds. The molecule has 1 aromatic carbocycles. The highest BCUT2D eigenvalue weighted by Crippen LogP contribution is 2.23. The lowest BCUT2D eigenvalue weighted by atomic mass is 10.0. The summed E-state index contributed by atoms with van der Waals surface area (Å²) in [5, 5.41) is 8.14. The van der Waals surface area contributed by atoms with Crippen molar-refractivity contribution in [1.82, 2.24) is 25.0 Å². The minimum atomic E-state index is 0.117. The third-order valence-corrected chi connectivity index (χ3v) is 5.60. The fourth-order valence-corrected chi connectivity index (χ4v) is 3.63. The average molecular weight is 462 g/mol. The molecule has 8 heteroatoms. The molecular weight excluding hydrogens is 438 g/mol. The van der Waals surface area contributed by atoms with Crippen molar-refractivity contribution in [3.63, 3.8) is 0 Å². The standard InChI is InChI=1S/C25H24ClN5O2/c1-17-14-21(7-8-22(17)24(32)4-3-12-31-13-11-28-30-31)33-16-20-5-9-23(29-18(20)2)19-6-10-25(26)27-15-19/h5-11,13-15H,3-4,12,16H2,1-2H3. The maximum Gasteiger partial charge on any atom is 0.163 e. The van der Waals surface area contributed by atoms with Crippen LogP contribution in [0.3, 0.4) is 0 Å². The Kier molecular flexibility index (Phi) is 7.10. The Morgan fingerprint density at radius 3 is 2.70 bits per heavy atom. The van der Waals surface area contributed by atoms with Crippen LogP contribution in [0.2, 0.25) is 5.15 Å². The van der Waals surface area contributed by atoms with Crippen LogP contribution in [0, 0.1) is 13.8 Å². The van der Waals surface area contributed by atoms with Gasteiger partial charge >= 0.3 is 0 Å². The molecule has 0 atom stereocenters. The van der Waals surface area contributed by atoms with E-state index in [1.165, 1.54) is 0 Å². The fourth-order valence-electron chi connectivity index (χ4n) is 3.52. The Hall–Kier alpha value is -3.58. The van der Waals surface area contributed by atoms with Gasteiger partial charge in [-0.15, -0.1) is 5.10 Å². The van der Waals surface area contributed by atoms with Gasteiger partial charge in [-0.05, 0) is 62.2 Å². The lowest BCUT2D eigenvalue weighted by Crippen LogP contribution is -2.06. The van der Waals surface area contributed by atoms with Gasteiger partial charge in [-0.2, -0.15) is 0 Å². The molecule has 0 unspecified atom stereocenters. The second-order valence-corrected chi connectivity index (χ2v) is 8.16. The van der Waals surface area contributed by atoms with Crippen molar-refractivity contribution in [3.05, 3.63) is 88.6 Å². The molecule has 0 aliphatic rings. The van der Waals surface area contributed by atoms with Crippen molar-refractivity contribution >= 4 is 17.4 Å². The predicted octanol–water partition coefficient (Wildman–Crippen LogP) is 5.25. The van der Waals surface area contributed by atoms with Gasteiger partial charge in [0.15, 0.2) is 5.78 Å². The van der Waals surface area contributed by atoms with Crippen LogP contribution in [0.1, 0.15) is 40.0 Å². The molecule has 168 valence electrons. The Labute approximate surface area is 197 Å². The van der Waals surface area contributed by atoms with Gasteiger partial charge < -0.3 is 4.74 Å². The molecule has 0 spiro atoms. The smallest absolute Gasteiger partial charge is 0.163 e. The van der Waals surface area contributed by atoms with E-state index in [2.05, 4.69) is 20.3 Å². The van der Waals surface area contributed by atoms with Gasteiger partial charge in [0.05, 0.1) is 11.9 Å². The maximum absolute atomic E-state index is 12.6. The lowest BCUT2D eigenvalue weighted by molar-refractivity contribution is 0.0977. The molecule has 7 nitrogen and oxygen atoms in total. The fraction of sp³-hybridized carbons (Fsp3) is 0.240. The number of Topliss-reactive ketones (excluding diaryl/α,β-unsaturated/α-hetero) is 1. The molecule has 0 fully saturated rings. The summed E-state index contributed by atoms with van der Waals surface area (Å²) >= 11 is 5.86. The summed E-state index contributed by atoms with van der Waals surface area (Å²) in [7, 11) is 0. The van der Waals surface area contributed by atoms with Crippen LogP contribution < -0.4 is 4.74 Å². The molecule has 0 aliphatic carbocycles. The number of carbonyl (C=O) groups is 1. The SMILES string of the molecule is Cc1cc(OCc2ccc(-c3ccc(Cl)nc3)nc2C)ccc1C(=O)CCCn1ccnn1. The number of pyridine rings is 2. The number of ether oxygens (including phenoxy) is 1. The molecule has 0 aliphatic heterocycles. The number of hydrogen-bond donors (Lipinski definition) is 0. The molecule has 0 saturated heterocycles. The number of nitrogens with zero attached hydrogens (tertiary/aromatic N) is 5. The zero-order chi connectivity index (χ0) is 23.2. The second-order valence-electron chi connectivity index (χ2n) is 7.77. The third-order valence-electron chi connectivity index (χ3n) is 5.37. The normalized spacial score (nSPS) is 10.9. The Balaban J connectivity index is 1.35. The summed E-state index contributed by atoms with van der Waals surface area (Å²) in [5.41, 5.74) is 5.25. The second kappa shape index (κ2) is 10.4. The molecular formula is C25H24ClN5O2. The van der Waals surface area contributed by atoms with Gasteiger partial charge in [-0.25, -0.2) is 4.98 Å². The van der Waals surface area contributed by atoms with Crippen LogP contribution >= 0.6 is 11.6 Å². The van der Waals surface area contributed by atoms with Crippen LogP contribution in [0.4, 0.5) is 0 Å². The quantitative estimate of drug-likeness (QED) is 0.250. The third kappa shape index (κ3) is 5.81. The number of aryl methyl sites for hydroxylation is 3. The van der Waals surface area contributed by atoms with Crippen LogP contribution in [0.25, 0.3) is 11.3 Å². The summed E-state index contributed by atoms with van der Waals surface area (Å²) < 4.78 is 7.71. The van der Waals surface area contributed by atoms with E-state index in [-0.39, 0.29) is 5.78 Å². The van der Waals surface area contributed by atoms with E-state index in [4.69, 9.17) is 16.3 Å². The van der Waals surface area contributed by atoms with Crippen LogP contribution in [0.5, 0.6) is 5.75 Å². The first-order valence-electron chi connectivity index (χ1n) is 10.7. The van der Waals surface area contributed by atoms with Crippen LogP contribution in [-0.4, -0.2) is 30.7 Å². The number of benzene rings is 1. The Morgan fingerprint density at radius 1 is 1.12 bits per heavy atom. The highest BCUT2D eigenvalue weighted by molar-refractivity contribution is 6.29. The van der Waals surface area contributed by atoms with E-state index in [1.54, 1.807) is 29.3 Å². The molecule has 4 aromatic rings. The largest absolute Gasteiger partial charge is 0.489 e. The summed E-state index contributed by atoms with van der Waals surface area (Å²) in [4.78, 5) is 21.4. The van der Waals surface area contributed by atoms with E-state index < -0.39 is 0 Å². The maximum atomic E-state index is 12.6. The summed E-state index contributed by atoms with van der Waals surface area (Å²) in [6.45, 7) is 4.95. The Bertz CT molecular complexity index is 1240. The van der Waals surface area contributed by atoms with Crippen molar-refractivity contribution in [2.24, 2.45) is 0 Å². The van der Waals surface area contributed by atoms with E-state index in [0.717, 1.165) is 39.4 Å². The molecule has 3 aromatic heterocycles. The number of halogens is 1. The summed E-state index contributed by atoms with van der Waals surface area (Å²) in [5.74, 6) is 0.837. The van der Waals surface area contributed by atoms with Crippen LogP contribution in [0.15, 0.2) is 61.1 Å².